The summed E-state index contributed by atoms with van der Waals surface area (Å²) in [5.41, 5.74) is 0.384. The van der Waals surface area contributed by atoms with Crippen LogP contribution in [0.25, 0.3) is 0 Å². The van der Waals surface area contributed by atoms with Gasteiger partial charge in [0.25, 0.3) is 5.91 Å². The zero-order valence-electron chi connectivity index (χ0n) is 14.5. The van der Waals surface area contributed by atoms with Gasteiger partial charge in [-0.05, 0) is 19.4 Å². The van der Waals surface area contributed by atoms with Crippen molar-refractivity contribution in [2.24, 2.45) is 0 Å². The Morgan fingerprint density at radius 3 is 2.48 bits per heavy atom. The van der Waals surface area contributed by atoms with Gasteiger partial charge >= 0.3 is 12.0 Å². The maximum Gasteiger partial charge on any atom is 0.339 e. The number of esters is 1. The Balaban J connectivity index is 2.33. The first kappa shape index (κ1) is 18.7. The molecule has 0 saturated carbocycles. The van der Waals surface area contributed by atoms with Crippen molar-refractivity contribution < 1.29 is 24.2 Å². The fraction of sp³-hybridized carbons (Fsp3) is 0.389. The fourth-order valence-corrected chi connectivity index (χ4v) is 2.82. The van der Waals surface area contributed by atoms with Gasteiger partial charge in [0.05, 0.1) is 24.3 Å². The summed E-state index contributed by atoms with van der Waals surface area (Å²) in [6, 6.07) is 7.78. The number of aliphatic hydroxyl groups is 1. The Morgan fingerprint density at radius 2 is 1.92 bits per heavy atom. The first-order valence-corrected chi connectivity index (χ1v) is 8.00. The van der Waals surface area contributed by atoms with Crippen molar-refractivity contribution in [3.8, 4) is 0 Å². The Bertz CT molecular complexity index is 688. The van der Waals surface area contributed by atoms with Crippen molar-refractivity contribution in [2.45, 2.75) is 32.0 Å². The minimum Gasteiger partial charge on any atom is -0.464 e. The highest BCUT2D eigenvalue weighted by molar-refractivity contribution is 6.08. The third-order valence-corrected chi connectivity index (χ3v) is 4.33. The lowest BCUT2D eigenvalue weighted by Gasteiger charge is -2.25. The standard InChI is InChI=1S/C18H22N2O5/c1-5-25-17(23)15(21)11(2)16(22)20-14(12(3)19(4)18(20)24)13-9-7-6-8-10-13/h6-10,12,14-15,21H,2,5H2,1,3-4H3/t12-,14-,15-/m0/s1. The number of amides is 3. The van der Waals surface area contributed by atoms with Crippen LogP contribution in [0.1, 0.15) is 25.5 Å². The lowest BCUT2D eigenvalue weighted by atomic mass is 9.99. The van der Waals surface area contributed by atoms with Gasteiger partial charge in [0.15, 0.2) is 6.10 Å². The van der Waals surface area contributed by atoms with Gasteiger partial charge in [-0.3, -0.25) is 9.69 Å². The number of carbonyl (C=O) groups is 3. The predicted octanol–water partition coefficient (Wildman–Crippen LogP) is 1.49. The summed E-state index contributed by atoms with van der Waals surface area (Å²) < 4.78 is 4.70. The van der Waals surface area contributed by atoms with E-state index in [1.165, 1.54) is 4.90 Å². The third-order valence-electron chi connectivity index (χ3n) is 4.33. The van der Waals surface area contributed by atoms with Gasteiger partial charge in [-0.15, -0.1) is 0 Å². The van der Waals surface area contributed by atoms with Gasteiger partial charge in [0.2, 0.25) is 0 Å². The van der Waals surface area contributed by atoms with Gasteiger partial charge < -0.3 is 14.7 Å². The van der Waals surface area contributed by atoms with E-state index in [0.717, 1.165) is 10.5 Å². The first-order valence-electron chi connectivity index (χ1n) is 8.00. The van der Waals surface area contributed by atoms with Crippen LogP contribution in [0.2, 0.25) is 0 Å². The molecule has 0 spiro atoms. The summed E-state index contributed by atoms with van der Waals surface area (Å²) in [7, 11) is 1.60. The number of aliphatic hydroxyl groups excluding tert-OH is 1. The summed E-state index contributed by atoms with van der Waals surface area (Å²) in [5, 5.41) is 9.98. The fourth-order valence-electron chi connectivity index (χ4n) is 2.82. The molecule has 3 amide bonds. The summed E-state index contributed by atoms with van der Waals surface area (Å²) >= 11 is 0. The van der Waals surface area contributed by atoms with Crippen LogP contribution < -0.4 is 0 Å². The largest absolute Gasteiger partial charge is 0.464 e. The predicted molar refractivity (Wildman–Crippen MR) is 90.4 cm³/mol. The average molecular weight is 346 g/mol. The van der Waals surface area contributed by atoms with Crippen molar-refractivity contribution in [1.82, 2.24) is 9.80 Å². The van der Waals surface area contributed by atoms with E-state index in [-0.39, 0.29) is 12.6 Å². The lowest BCUT2D eigenvalue weighted by Crippen LogP contribution is -2.41. The molecule has 1 aromatic rings. The minimum atomic E-state index is -1.81. The zero-order valence-corrected chi connectivity index (χ0v) is 14.5. The van der Waals surface area contributed by atoms with Crippen molar-refractivity contribution in [3.63, 3.8) is 0 Å². The molecule has 1 saturated heterocycles. The number of rotatable bonds is 5. The molecule has 0 aliphatic carbocycles. The van der Waals surface area contributed by atoms with Crippen LogP contribution in [0, 0.1) is 0 Å². The van der Waals surface area contributed by atoms with Crippen molar-refractivity contribution >= 4 is 17.9 Å². The number of likely N-dealkylation sites (N-methyl/N-ethyl adjacent to an activating group) is 1. The number of hydrogen-bond acceptors (Lipinski definition) is 5. The second kappa shape index (κ2) is 7.48. The second-order valence-corrected chi connectivity index (χ2v) is 5.84. The average Bonchev–Trinajstić information content (AvgIpc) is 2.84. The monoisotopic (exact) mass is 346 g/mol. The van der Waals surface area contributed by atoms with Crippen LogP contribution in [-0.4, -0.2) is 58.6 Å². The van der Waals surface area contributed by atoms with Gasteiger partial charge in [-0.2, -0.15) is 0 Å². The van der Waals surface area contributed by atoms with E-state index in [9.17, 15) is 19.5 Å². The normalized spacial score (nSPS) is 21.2. The number of imide groups is 1. The molecular formula is C18H22N2O5. The molecule has 134 valence electrons. The topological polar surface area (TPSA) is 87.2 Å². The minimum absolute atomic E-state index is 0.0619. The summed E-state index contributed by atoms with van der Waals surface area (Å²) in [6.45, 7) is 6.98. The molecule has 0 radical (unpaired) electrons. The lowest BCUT2D eigenvalue weighted by molar-refractivity contribution is -0.152. The Kier molecular flexibility index (Phi) is 5.58. The number of nitrogens with zero attached hydrogens (tertiary/aromatic N) is 2. The molecule has 7 nitrogen and oxygen atoms in total. The third kappa shape index (κ3) is 3.41. The molecule has 1 aliphatic rings. The number of hydrogen-bond donors (Lipinski definition) is 1. The van der Waals surface area contributed by atoms with E-state index in [0.29, 0.717) is 0 Å². The number of ether oxygens (including phenoxy) is 1. The Labute approximate surface area is 146 Å². The maximum atomic E-state index is 12.8. The van der Waals surface area contributed by atoms with Gasteiger partial charge in [0, 0.05) is 7.05 Å². The molecule has 1 heterocycles. The van der Waals surface area contributed by atoms with E-state index < -0.39 is 35.6 Å². The van der Waals surface area contributed by atoms with Crippen LogP contribution in [0.4, 0.5) is 4.79 Å². The summed E-state index contributed by atoms with van der Waals surface area (Å²) in [6.07, 6.45) is -1.81. The second-order valence-electron chi connectivity index (χ2n) is 5.84. The molecule has 25 heavy (non-hydrogen) atoms. The maximum absolute atomic E-state index is 12.8. The van der Waals surface area contributed by atoms with E-state index >= 15 is 0 Å². The summed E-state index contributed by atoms with van der Waals surface area (Å²) in [5.74, 6) is -1.76. The number of benzene rings is 1. The van der Waals surface area contributed by atoms with Crippen LogP contribution in [0.15, 0.2) is 42.5 Å². The van der Waals surface area contributed by atoms with Crippen LogP contribution in [0.5, 0.6) is 0 Å². The van der Waals surface area contributed by atoms with Crippen LogP contribution in [-0.2, 0) is 14.3 Å². The van der Waals surface area contributed by atoms with Crippen molar-refractivity contribution in [2.75, 3.05) is 13.7 Å². The molecule has 1 aliphatic heterocycles. The molecule has 7 heteroatoms. The summed E-state index contributed by atoms with van der Waals surface area (Å²) in [4.78, 5) is 39.5. The Morgan fingerprint density at radius 1 is 1.32 bits per heavy atom. The molecule has 0 unspecified atom stereocenters. The Hall–Kier alpha value is -2.67. The highest BCUT2D eigenvalue weighted by Crippen LogP contribution is 2.35. The number of carbonyl (C=O) groups excluding carboxylic acids is 3. The highest BCUT2D eigenvalue weighted by atomic mass is 16.5. The molecule has 1 N–H and O–H groups in total. The van der Waals surface area contributed by atoms with Gasteiger partial charge in [-0.1, -0.05) is 36.9 Å². The van der Waals surface area contributed by atoms with E-state index in [2.05, 4.69) is 6.58 Å². The highest BCUT2D eigenvalue weighted by Gasteiger charge is 2.47. The van der Waals surface area contributed by atoms with Gasteiger partial charge in [-0.25, -0.2) is 9.59 Å². The molecular weight excluding hydrogens is 324 g/mol. The molecule has 0 aromatic heterocycles. The molecule has 1 aromatic carbocycles. The van der Waals surface area contributed by atoms with Crippen LogP contribution in [0.3, 0.4) is 0 Å². The smallest absolute Gasteiger partial charge is 0.339 e. The van der Waals surface area contributed by atoms with E-state index in [1.54, 1.807) is 14.0 Å². The zero-order chi connectivity index (χ0) is 18.7. The molecule has 3 atom stereocenters. The SMILES string of the molecule is C=C(C(=O)N1C(=O)N(C)[C@@H](C)[C@H]1c1ccccc1)[C@H](O)C(=O)OCC. The van der Waals surface area contributed by atoms with Crippen molar-refractivity contribution in [1.29, 1.82) is 0 Å². The quantitative estimate of drug-likeness (QED) is 0.645. The van der Waals surface area contributed by atoms with Gasteiger partial charge in [0.1, 0.15) is 0 Å². The molecule has 1 fully saturated rings. The van der Waals surface area contributed by atoms with E-state index in [4.69, 9.17) is 4.74 Å². The van der Waals surface area contributed by atoms with Crippen molar-refractivity contribution in [3.05, 3.63) is 48.0 Å². The molecule has 0 bridgehead atoms. The van der Waals surface area contributed by atoms with E-state index in [1.807, 2.05) is 37.3 Å². The number of urea groups is 1. The molecule has 2 rings (SSSR count). The van der Waals surface area contributed by atoms with Crippen LogP contribution >= 0.6 is 0 Å². The first-order chi connectivity index (χ1) is 11.8.